The van der Waals surface area contributed by atoms with E-state index in [9.17, 15) is 14.4 Å². The predicted octanol–water partition coefficient (Wildman–Crippen LogP) is 18.7. The van der Waals surface area contributed by atoms with Crippen molar-refractivity contribution in [1.82, 2.24) is 0 Å². The maximum atomic E-state index is 12.7. The van der Waals surface area contributed by atoms with Gasteiger partial charge in [-0.3, -0.25) is 14.4 Å². The monoisotopic (exact) mass is 943 g/mol. The van der Waals surface area contributed by atoms with Gasteiger partial charge in [0.1, 0.15) is 13.2 Å². The van der Waals surface area contributed by atoms with Crippen LogP contribution in [-0.4, -0.2) is 37.2 Å². The van der Waals surface area contributed by atoms with E-state index < -0.39 is 6.10 Å². The first-order valence-corrected chi connectivity index (χ1v) is 27.9. The molecule has 0 aromatic carbocycles. The Morgan fingerprint density at radius 2 is 0.603 bits per heavy atom. The summed E-state index contributed by atoms with van der Waals surface area (Å²) in [6, 6.07) is 0. The van der Waals surface area contributed by atoms with E-state index in [0.29, 0.717) is 19.3 Å². The molecule has 0 rings (SSSR count). The van der Waals surface area contributed by atoms with E-state index in [0.717, 1.165) is 141 Å². The molecule has 0 aliphatic rings. The van der Waals surface area contributed by atoms with E-state index in [2.05, 4.69) is 130 Å². The maximum Gasteiger partial charge on any atom is 0.306 e. The number of esters is 3. The number of ether oxygens (including phenoxy) is 3. The van der Waals surface area contributed by atoms with Gasteiger partial charge in [-0.05, 0) is 103 Å². The summed E-state index contributed by atoms with van der Waals surface area (Å²) in [6.45, 7) is 6.37. The zero-order chi connectivity index (χ0) is 49.3. The lowest BCUT2D eigenvalue weighted by Gasteiger charge is -2.18. The normalized spacial score (nSPS) is 12.9. The predicted molar refractivity (Wildman–Crippen MR) is 293 cm³/mol. The third-order valence-corrected chi connectivity index (χ3v) is 11.5. The number of carbonyl (C=O) groups is 3. The Morgan fingerprint density at radius 3 is 0.956 bits per heavy atom. The molecule has 0 fully saturated rings. The summed E-state index contributed by atoms with van der Waals surface area (Å²) in [7, 11) is 0. The average Bonchev–Trinajstić information content (AvgIpc) is 3.34. The van der Waals surface area contributed by atoms with Gasteiger partial charge in [0.2, 0.25) is 0 Å². The molecule has 1 atom stereocenters. The lowest BCUT2D eigenvalue weighted by atomic mass is 10.1. The smallest absolute Gasteiger partial charge is 0.306 e. The highest BCUT2D eigenvalue weighted by Gasteiger charge is 2.19. The van der Waals surface area contributed by atoms with Crippen LogP contribution in [0.3, 0.4) is 0 Å². The molecule has 0 aromatic heterocycles. The van der Waals surface area contributed by atoms with Gasteiger partial charge in [0.25, 0.3) is 0 Å². The molecule has 0 aliphatic heterocycles. The summed E-state index contributed by atoms with van der Waals surface area (Å²) in [5.74, 6) is -0.920. The fraction of sp³-hybridized carbons (Fsp3) is 0.661. The Kier molecular flexibility index (Phi) is 52.4. The molecule has 0 aliphatic carbocycles. The summed E-state index contributed by atoms with van der Waals surface area (Å²) in [5, 5.41) is 0. The van der Waals surface area contributed by atoms with Crippen molar-refractivity contribution in [3.8, 4) is 0 Å². The quantitative estimate of drug-likeness (QED) is 0.0262. The van der Waals surface area contributed by atoms with E-state index >= 15 is 0 Å². The molecule has 0 N–H and O–H groups in total. The molecule has 0 amide bonds. The SMILES string of the molecule is CC/C=C\C/C=C\C/C=C\C/C=C\C/C=C\C/C=C\C/C=C\CCCCCCCCCCCC(=O)OCC(COC(=O)CCCCCCCC)OC(=O)CCCCCCC/C=C\C/C=C\CCC. The fourth-order valence-corrected chi connectivity index (χ4v) is 7.34. The Bertz CT molecular complexity index is 1410. The molecule has 0 heterocycles. The third kappa shape index (κ3) is 53.0. The number of hydrogen-bond donors (Lipinski definition) is 0. The molecule has 0 aromatic rings. The minimum Gasteiger partial charge on any atom is -0.462 e. The van der Waals surface area contributed by atoms with Gasteiger partial charge in [-0.2, -0.15) is 0 Å². The molecule has 0 radical (unpaired) electrons. The molecule has 386 valence electrons. The Balaban J connectivity index is 4.11. The van der Waals surface area contributed by atoms with E-state index in [1.54, 1.807) is 0 Å². The van der Waals surface area contributed by atoms with E-state index in [4.69, 9.17) is 14.2 Å². The standard InChI is InChI=1S/C62H102O6/c1-4-7-10-13-16-18-20-22-23-24-25-26-27-28-29-30-31-32-33-34-35-36-37-38-39-41-42-44-46-49-52-55-61(64)67-58-59(57-66-60(63)54-51-48-15-12-9-6-3)68-62(65)56-53-50-47-45-43-40-21-19-17-14-11-8-5-2/h7,10-11,14,16,18-19,21-23,25-26,28-29,31-32,34-35,59H,4-6,8-9,12-13,15,17,20,24,27,30,33,36-58H2,1-3H3/b10-7-,14-11-,18-16-,21-19-,23-22-,26-25-,29-28-,32-31-,35-34-. The van der Waals surface area contributed by atoms with Crippen molar-refractivity contribution in [1.29, 1.82) is 0 Å². The highest BCUT2D eigenvalue weighted by atomic mass is 16.6. The van der Waals surface area contributed by atoms with Gasteiger partial charge in [0, 0.05) is 19.3 Å². The molecule has 6 nitrogen and oxygen atoms in total. The van der Waals surface area contributed by atoms with Crippen LogP contribution in [0, 0.1) is 0 Å². The van der Waals surface area contributed by atoms with Crippen molar-refractivity contribution < 1.29 is 28.6 Å². The maximum absolute atomic E-state index is 12.7. The van der Waals surface area contributed by atoms with Crippen molar-refractivity contribution in [2.45, 2.75) is 252 Å². The molecule has 68 heavy (non-hydrogen) atoms. The van der Waals surface area contributed by atoms with Crippen LogP contribution < -0.4 is 0 Å². The van der Waals surface area contributed by atoms with Crippen LogP contribution in [-0.2, 0) is 28.6 Å². The number of rotatable bonds is 49. The zero-order valence-corrected chi connectivity index (χ0v) is 44.1. The lowest BCUT2D eigenvalue weighted by Crippen LogP contribution is -2.30. The van der Waals surface area contributed by atoms with Crippen molar-refractivity contribution in [3.05, 3.63) is 109 Å². The van der Waals surface area contributed by atoms with Crippen LogP contribution >= 0.6 is 0 Å². The van der Waals surface area contributed by atoms with Crippen LogP contribution in [0.4, 0.5) is 0 Å². The molecule has 0 saturated heterocycles. The molecule has 0 bridgehead atoms. The van der Waals surface area contributed by atoms with Crippen LogP contribution in [0.5, 0.6) is 0 Å². The molecule has 1 unspecified atom stereocenters. The summed E-state index contributed by atoms with van der Waals surface area (Å²) >= 11 is 0. The van der Waals surface area contributed by atoms with Crippen LogP contribution in [0.15, 0.2) is 109 Å². The topological polar surface area (TPSA) is 78.9 Å². The van der Waals surface area contributed by atoms with Gasteiger partial charge >= 0.3 is 17.9 Å². The fourth-order valence-electron chi connectivity index (χ4n) is 7.34. The van der Waals surface area contributed by atoms with Gasteiger partial charge in [0.05, 0.1) is 0 Å². The number of unbranched alkanes of at least 4 members (excludes halogenated alkanes) is 20. The first kappa shape index (κ1) is 64.1. The summed E-state index contributed by atoms with van der Waals surface area (Å²) in [6.07, 6.45) is 75.4. The number of allylic oxidation sites excluding steroid dienone is 18. The number of carbonyl (C=O) groups excluding carboxylic acids is 3. The molecule has 6 heteroatoms. The highest BCUT2D eigenvalue weighted by molar-refractivity contribution is 5.71. The molecular weight excluding hydrogens is 841 g/mol. The summed E-state index contributed by atoms with van der Waals surface area (Å²) < 4.78 is 16.7. The molecular formula is C62H102O6. The van der Waals surface area contributed by atoms with Gasteiger partial charge < -0.3 is 14.2 Å². The van der Waals surface area contributed by atoms with E-state index in [1.807, 2.05) is 0 Å². The Morgan fingerprint density at radius 1 is 0.309 bits per heavy atom. The highest BCUT2D eigenvalue weighted by Crippen LogP contribution is 2.14. The zero-order valence-electron chi connectivity index (χ0n) is 44.1. The van der Waals surface area contributed by atoms with Gasteiger partial charge in [-0.1, -0.05) is 233 Å². The van der Waals surface area contributed by atoms with Gasteiger partial charge in [-0.15, -0.1) is 0 Å². The lowest BCUT2D eigenvalue weighted by molar-refractivity contribution is -0.167. The Labute approximate surface area is 419 Å². The third-order valence-electron chi connectivity index (χ3n) is 11.5. The first-order chi connectivity index (χ1) is 33.5. The summed E-state index contributed by atoms with van der Waals surface area (Å²) in [5.41, 5.74) is 0. The second-order valence-electron chi connectivity index (χ2n) is 18.1. The van der Waals surface area contributed by atoms with Crippen molar-refractivity contribution >= 4 is 17.9 Å². The van der Waals surface area contributed by atoms with Crippen LogP contribution in [0.1, 0.15) is 245 Å². The van der Waals surface area contributed by atoms with Crippen molar-refractivity contribution in [2.75, 3.05) is 13.2 Å². The van der Waals surface area contributed by atoms with Gasteiger partial charge in [0.15, 0.2) is 6.10 Å². The number of hydrogen-bond acceptors (Lipinski definition) is 6. The average molecular weight is 943 g/mol. The second-order valence-corrected chi connectivity index (χ2v) is 18.1. The summed E-state index contributed by atoms with van der Waals surface area (Å²) in [4.78, 5) is 37.8. The molecule has 0 saturated carbocycles. The Hall–Kier alpha value is -3.93. The van der Waals surface area contributed by atoms with Crippen molar-refractivity contribution in [2.24, 2.45) is 0 Å². The molecule has 0 spiro atoms. The largest absolute Gasteiger partial charge is 0.462 e. The first-order valence-electron chi connectivity index (χ1n) is 27.9. The second kappa shape index (κ2) is 55.7. The van der Waals surface area contributed by atoms with Gasteiger partial charge in [-0.25, -0.2) is 0 Å². The van der Waals surface area contributed by atoms with E-state index in [-0.39, 0.29) is 31.1 Å². The van der Waals surface area contributed by atoms with E-state index in [1.165, 1.54) is 64.2 Å². The van der Waals surface area contributed by atoms with Crippen LogP contribution in [0.2, 0.25) is 0 Å². The minimum absolute atomic E-state index is 0.0859. The minimum atomic E-state index is -0.784. The van der Waals surface area contributed by atoms with Crippen LogP contribution in [0.25, 0.3) is 0 Å². The van der Waals surface area contributed by atoms with Crippen molar-refractivity contribution in [3.63, 3.8) is 0 Å².